The van der Waals surface area contributed by atoms with Gasteiger partial charge in [-0.1, -0.05) is 0 Å². The summed E-state index contributed by atoms with van der Waals surface area (Å²) in [4.78, 5) is 16.8. The molecule has 0 spiro atoms. The van der Waals surface area contributed by atoms with Gasteiger partial charge in [0.05, 0.1) is 25.1 Å². The van der Waals surface area contributed by atoms with Crippen molar-refractivity contribution in [1.82, 2.24) is 0 Å². The van der Waals surface area contributed by atoms with Crippen molar-refractivity contribution in [1.29, 1.82) is 5.26 Å². The molecule has 3 heterocycles. The van der Waals surface area contributed by atoms with Gasteiger partial charge in [0.15, 0.2) is 0 Å². The van der Waals surface area contributed by atoms with Crippen LogP contribution in [0.5, 0.6) is 0 Å². The Morgan fingerprint density at radius 1 is 1.35 bits per heavy atom. The normalized spacial score (nSPS) is 21.5. The van der Waals surface area contributed by atoms with Crippen molar-refractivity contribution in [2.24, 2.45) is 0 Å². The van der Waals surface area contributed by atoms with E-state index in [1.165, 1.54) is 32.2 Å². The van der Waals surface area contributed by atoms with Crippen LogP contribution < -0.4 is 10.2 Å². The highest BCUT2D eigenvalue weighted by Crippen LogP contribution is 2.37. The topological polar surface area (TPSA) is 57.3 Å². The Morgan fingerprint density at radius 3 is 3.04 bits per heavy atom. The lowest BCUT2D eigenvalue weighted by molar-refractivity contribution is -0.931. The van der Waals surface area contributed by atoms with Crippen molar-refractivity contribution in [3.63, 3.8) is 0 Å². The Kier molecular flexibility index (Phi) is 5.12. The summed E-state index contributed by atoms with van der Waals surface area (Å²) in [6.45, 7) is 4.20. The number of anilines is 1. The number of hydrogen-bond donors (Lipinski definition) is 2. The first-order chi connectivity index (χ1) is 12.7. The van der Waals surface area contributed by atoms with Gasteiger partial charge in [0.2, 0.25) is 5.91 Å². The lowest BCUT2D eigenvalue weighted by Gasteiger charge is -2.30. The zero-order valence-corrected chi connectivity index (χ0v) is 16.7. The molecule has 0 fully saturated rings. The van der Waals surface area contributed by atoms with Crippen LogP contribution in [0.2, 0.25) is 0 Å². The SMILES string of the molecule is C[C@H]1c2ccsc2CC[NH+]1CCC(=O)Nc1sc2c(c1C#N)CCCC2. The van der Waals surface area contributed by atoms with E-state index in [2.05, 4.69) is 29.8 Å². The number of amides is 1. The molecular formula is C20H24N3OS2+. The minimum absolute atomic E-state index is 0.0379. The lowest BCUT2D eigenvalue weighted by atomic mass is 9.96. The Morgan fingerprint density at radius 2 is 2.19 bits per heavy atom. The third-order valence-corrected chi connectivity index (χ3v) is 7.94. The molecule has 2 atom stereocenters. The summed E-state index contributed by atoms with van der Waals surface area (Å²) in [6, 6.07) is 5.02. The Balaban J connectivity index is 1.38. The van der Waals surface area contributed by atoms with E-state index in [9.17, 15) is 10.1 Å². The summed E-state index contributed by atoms with van der Waals surface area (Å²) >= 11 is 3.46. The van der Waals surface area contributed by atoms with E-state index < -0.39 is 0 Å². The fraction of sp³-hybridized carbons (Fsp3) is 0.500. The fourth-order valence-corrected chi connectivity index (χ4v) is 6.46. The van der Waals surface area contributed by atoms with Gasteiger partial charge >= 0.3 is 0 Å². The number of aryl methyl sites for hydroxylation is 1. The molecule has 4 rings (SSSR count). The maximum Gasteiger partial charge on any atom is 0.230 e. The number of thiophene rings is 2. The summed E-state index contributed by atoms with van der Waals surface area (Å²) in [6.07, 6.45) is 5.97. The van der Waals surface area contributed by atoms with Crippen LogP contribution in [0.3, 0.4) is 0 Å². The molecule has 0 bridgehead atoms. The minimum atomic E-state index is 0.0379. The van der Waals surface area contributed by atoms with E-state index in [1.54, 1.807) is 11.3 Å². The summed E-state index contributed by atoms with van der Waals surface area (Å²) in [5, 5.41) is 15.5. The zero-order chi connectivity index (χ0) is 18.1. The number of fused-ring (bicyclic) bond motifs is 2. The molecular weight excluding hydrogens is 362 g/mol. The first-order valence-electron chi connectivity index (χ1n) is 9.42. The lowest BCUT2D eigenvalue weighted by Crippen LogP contribution is -3.13. The fourth-order valence-electron chi connectivity index (χ4n) is 4.23. The highest BCUT2D eigenvalue weighted by Gasteiger charge is 2.28. The minimum Gasteiger partial charge on any atom is -0.328 e. The number of nitriles is 1. The summed E-state index contributed by atoms with van der Waals surface area (Å²) < 4.78 is 0. The van der Waals surface area contributed by atoms with Crippen molar-refractivity contribution in [3.05, 3.63) is 37.9 Å². The molecule has 1 aliphatic heterocycles. The van der Waals surface area contributed by atoms with Gasteiger partial charge in [0.1, 0.15) is 17.1 Å². The van der Waals surface area contributed by atoms with Crippen molar-refractivity contribution in [2.45, 2.75) is 51.5 Å². The molecule has 1 unspecified atom stereocenters. The highest BCUT2D eigenvalue weighted by molar-refractivity contribution is 7.16. The van der Waals surface area contributed by atoms with Crippen LogP contribution in [0.4, 0.5) is 5.00 Å². The van der Waals surface area contributed by atoms with E-state index in [0.717, 1.165) is 43.8 Å². The maximum absolute atomic E-state index is 12.5. The second-order valence-electron chi connectivity index (χ2n) is 7.25. The monoisotopic (exact) mass is 386 g/mol. The van der Waals surface area contributed by atoms with Crippen LogP contribution in [0.15, 0.2) is 11.4 Å². The van der Waals surface area contributed by atoms with Crippen LogP contribution in [0.1, 0.15) is 58.7 Å². The van der Waals surface area contributed by atoms with E-state index >= 15 is 0 Å². The third kappa shape index (κ3) is 3.32. The average molecular weight is 387 g/mol. The van der Waals surface area contributed by atoms with E-state index in [-0.39, 0.29) is 5.91 Å². The Bertz CT molecular complexity index is 861. The van der Waals surface area contributed by atoms with Gasteiger partial charge in [0.25, 0.3) is 0 Å². The molecule has 26 heavy (non-hydrogen) atoms. The molecule has 0 saturated carbocycles. The second kappa shape index (κ2) is 7.51. The molecule has 2 aromatic rings. The summed E-state index contributed by atoms with van der Waals surface area (Å²) in [5.41, 5.74) is 3.34. The molecule has 2 N–H and O–H groups in total. The molecule has 136 valence electrons. The van der Waals surface area contributed by atoms with Crippen molar-refractivity contribution in [2.75, 3.05) is 18.4 Å². The van der Waals surface area contributed by atoms with Gasteiger partial charge in [-0.2, -0.15) is 5.26 Å². The summed E-state index contributed by atoms with van der Waals surface area (Å²) in [7, 11) is 0. The summed E-state index contributed by atoms with van der Waals surface area (Å²) in [5.74, 6) is 0.0379. The quantitative estimate of drug-likeness (QED) is 0.848. The number of carbonyl (C=O) groups excluding carboxylic acids is 1. The van der Waals surface area contributed by atoms with Crippen LogP contribution in [0, 0.1) is 11.3 Å². The highest BCUT2D eigenvalue weighted by atomic mass is 32.1. The number of rotatable bonds is 4. The predicted molar refractivity (Wildman–Crippen MR) is 106 cm³/mol. The van der Waals surface area contributed by atoms with Crippen LogP contribution in [0.25, 0.3) is 0 Å². The van der Waals surface area contributed by atoms with Gasteiger partial charge in [-0.15, -0.1) is 22.7 Å². The van der Waals surface area contributed by atoms with Gasteiger partial charge < -0.3 is 10.2 Å². The molecule has 6 heteroatoms. The largest absolute Gasteiger partial charge is 0.328 e. The predicted octanol–water partition coefficient (Wildman–Crippen LogP) is 3.09. The molecule has 4 nitrogen and oxygen atoms in total. The third-order valence-electron chi connectivity index (χ3n) is 5.74. The Labute approximate surface area is 162 Å². The van der Waals surface area contributed by atoms with E-state index in [1.807, 2.05) is 11.3 Å². The number of carbonyl (C=O) groups is 1. The number of hydrogen-bond acceptors (Lipinski definition) is 4. The first kappa shape index (κ1) is 17.7. The van der Waals surface area contributed by atoms with Crippen molar-refractivity contribution >= 4 is 33.6 Å². The maximum atomic E-state index is 12.5. The molecule has 0 radical (unpaired) electrons. The van der Waals surface area contributed by atoms with Crippen LogP contribution in [-0.2, 0) is 24.1 Å². The first-order valence-corrected chi connectivity index (χ1v) is 11.1. The molecule has 2 aliphatic rings. The molecule has 0 saturated heterocycles. The second-order valence-corrected chi connectivity index (χ2v) is 9.36. The van der Waals surface area contributed by atoms with Gasteiger partial charge in [-0.3, -0.25) is 4.79 Å². The van der Waals surface area contributed by atoms with E-state index in [4.69, 9.17) is 0 Å². The van der Waals surface area contributed by atoms with Crippen molar-refractivity contribution < 1.29 is 9.69 Å². The molecule has 1 amide bonds. The van der Waals surface area contributed by atoms with Crippen LogP contribution >= 0.6 is 22.7 Å². The average Bonchev–Trinajstić information content (AvgIpc) is 3.25. The van der Waals surface area contributed by atoms with E-state index in [0.29, 0.717) is 18.0 Å². The molecule has 1 aliphatic carbocycles. The van der Waals surface area contributed by atoms with Gasteiger partial charge in [-0.25, -0.2) is 0 Å². The number of quaternary nitrogens is 1. The Hall–Kier alpha value is -1.68. The zero-order valence-electron chi connectivity index (χ0n) is 15.1. The molecule has 0 aromatic carbocycles. The molecule has 2 aromatic heterocycles. The van der Waals surface area contributed by atoms with Gasteiger partial charge in [-0.05, 0) is 49.6 Å². The van der Waals surface area contributed by atoms with Crippen molar-refractivity contribution in [3.8, 4) is 6.07 Å². The van der Waals surface area contributed by atoms with Crippen LogP contribution in [-0.4, -0.2) is 19.0 Å². The number of nitrogens with one attached hydrogen (secondary N) is 2. The van der Waals surface area contributed by atoms with Gasteiger partial charge in [0, 0.05) is 21.7 Å². The standard InChI is InChI=1S/C20H23N3OS2/c1-13-14-8-11-25-17(14)6-9-23(13)10-7-19(24)22-20-16(12-21)15-4-2-3-5-18(15)26-20/h8,11,13H,2-7,9-10H2,1H3,(H,22,24)/p+1/t13-/m0/s1. The number of nitrogens with zero attached hydrogens (tertiary/aromatic N) is 1. The smallest absolute Gasteiger partial charge is 0.230 e.